The maximum Gasteiger partial charge on any atom is 0.319 e. The van der Waals surface area contributed by atoms with E-state index in [1.807, 2.05) is 23.1 Å². The summed E-state index contributed by atoms with van der Waals surface area (Å²) in [7, 11) is 1.38. The van der Waals surface area contributed by atoms with Crippen molar-refractivity contribution in [2.75, 3.05) is 20.2 Å². The van der Waals surface area contributed by atoms with Crippen LogP contribution in [-0.4, -0.2) is 31.1 Å². The van der Waals surface area contributed by atoms with E-state index in [0.29, 0.717) is 12.1 Å². The van der Waals surface area contributed by atoms with E-state index < -0.39 is 0 Å². The molecule has 18 heavy (non-hydrogen) atoms. The molecule has 1 aromatic carbocycles. The molecule has 0 saturated heterocycles. The van der Waals surface area contributed by atoms with Crippen LogP contribution in [0.4, 0.5) is 0 Å². The fraction of sp³-hybridized carbons (Fsp3) is 0.429. The maximum absolute atomic E-state index is 11.3. The van der Waals surface area contributed by atoms with Crippen molar-refractivity contribution in [3.63, 3.8) is 0 Å². The van der Waals surface area contributed by atoms with Crippen LogP contribution in [0, 0.1) is 11.3 Å². The number of ether oxygens (including phenoxy) is 1. The van der Waals surface area contributed by atoms with Crippen molar-refractivity contribution in [3.05, 3.63) is 35.4 Å². The third-order valence-electron chi connectivity index (χ3n) is 2.65. The number of nitrogens with zero attached hydrogens (tertiary/aromatic N) is 2. The lowest BCUT2D eigenvalue weighted by Gasteiger charge is -2.20. The van der Waals surface area contributed by atoms with E-state index in [1.54, 1.807) is 6.07 Å². The number of methoxy groups -OCH3 is 1. The summed E-state index contributed by atoms with van der Waals surface area (Å²) in [5.74, 6) is -0.252. The quantitative estimate of drug-likeness (QED) is 0.720. The highest BCUT2D eigenvalue weighted by molar-refractivity contribution is 5.71. The Morgan fingerprint density at radius 1 is 1.44 bits per heavy atom. The van der Waals surface area contributed by atoms with Gasteiger partial charge < -0.3 is 4.74 Å². The Bertz CT molecular complexity index is 438. The van der Waals surface area contributed by atoms with Crippen LogP contribution in [0.25, 0.3) is 0 Å². The van der Waals surface area contributed by atoms with E-state index in [4.69, 9.17) is 5.26 Å². The van der Waals surface area contributed by atoms with E-state index >= 15 is 0 Å². The van der Waals surface area contributed by atoms with Gasteiger partial charge in [0, 0.05) is 6.54 Å². The lowest BCUT2D eigenvalue weighted by molar-refractivity contribution is -0.142. The van der Waals surface area contributed by atoms with Gasteiger partial charge in [-0.25, -0.2) is 0 Å². The summed E-state index contributed by atoms with van der Waals surface area (Å²) in [6.07, 6.45) is 0.950. The fourth-order valence-electron chi connectivity index (χ4n) is 1.79. The van der Waals surface area contributed by atoms with Gasteiger partial charge >= 0.3 is 5.97 Å². The predicted molar refractivity (Wildman–Crippen MR) is 68.7 cm³/mol. The molecule has 4 nitrogen and oxygen atoms in total. The number of hydrogen-bond donors (Lipinski definition) is 0. The maximum atomic E-state index is 11.3. The first-order valence-electron chi connectivity index (χ1n) is 5.98. The molecular weight excluding hydrogens is 228 g/mol. The molecule has 0 bridgehead atoms. The zero-order chi connectivity index (χ0) is 13.4. The Morgan fingerprint density at radius 3 is 2.78 bits per heavy atom. The summed E-state index contributed by atoms with van der Waals surface area (Å²) >= 11 is 0. The van der Waals surface area contributed by atoms with E-state index in [2.05, 4.69) is 17.7 Å². The number of carbonyl (C=O) groups is 1. The van der Waals surface area contributed by atoms with Crippen LogP contribution >= 0.6 is 0 Å². The van der Waals surface area contributed by atoms with Crippen molar-refractivity contribution in [2.45, 2.75) is 19.9 Å². The minimum absolute atomic E-state index is 0.252. The molecule has 0 radical (unpaired) electrons. The number of nitriles is 1. The summed E-state index contributed by atoms with van der Waals surface area (Å²) in [6, 6.07) is 9.61. The molecule has 96 valence electrons. The molecule has 0 aromatic heterocycles. The Morgan fingerprint density at radius 2 is 2.17 bits per heavy atom. The second-order valence-electron chi connectivity index (χ2n) is 4.06. The van der Waals surface area contributed by atoms with Gasteiger partial charge in [-0.2, -0.15) is 5.26 Å². The first-order chi connectivity index (χ1) is 8.71. The number of hydrogen-bond acceptors (Lipinski definition) is 4. The van der Waals surface area contributed by atoms with Gasteiger partial charge in [0.05, 0.1) is 25.3 Å². The minimum atomic E-state index is -0.252. The summed E-state index contributed by atoms with van der Waals surface area (Å²) in [4.78, 5) is 13.3. The summed E-state index contributed by atoms with van der Waals surface area (Å²) in [5.41, 5.74) is 1.60. The molecule has 0 unspecified atom stereocenters. The first kappa shape index (κ1) is 14.2. The summed E-state index contributed by atoms with van der Waals surface area (Å²) < 4.78 is 4.68. The number of benzene rings is 1. The normalized spacial score (nSPS) is 10.1. The Hall–Kier alpha value is -1.86. The molecule has 0 spiro atoms. The van der Waals surface area contributed by atoms with E-state index in [1.165, 1.54) is 7.11 Å². The Labute approximate surface area is 108 Å². The van der Waals surface area contributed by atoms with Gasteiger partial charge in [-0.15, -0.1) is 0 Å². The van der Waals surface area contributed by atoms with Crippen LogP contribution < -0.4 is 0 Å². The lowest BCUT2D eigenvalue weighted by atomic mass is 10.1. The number of carbonyl (C=O) groups excluding carboxylic acids is 1. The van der Waals surface area contributed by atoms with Crippen LogP contribution in [-0.2, 0) is 16.1 Å². The van der Waals surface area contributed by atoms with Gasteiger partial charge in [-0.3, -0.25) is 9.69 Å². The molecule has 1 rings (SSSR count). The smallest absolute Gasteiger partial charge is 0.319 e. The number of esters is 1. The zero-order valence-electron chi connectivity index (χ0n) is 10.8. The fourth-order valence-corrected chi connectivity index (χ4v) is 1.79. The van der Waals surface area contributed by atoms with E-state index in [9.17, 15) is 4.79 Å². The molecule has 4 heteroatoms. The molecule has 1 aromatic rings. The Kier molecular flexibility index (Phi) is 5.89. The monoisotopic (exact) mass is 246 g/mol. The van der Waals surface area contributed by atoms with Crippen molar-refractivity contribution in [3.8, 4) is 6.07 Å². The largest absolute Gasteiger partial charge is 0.468 e. The lowest BCUT2D eigenvalue weighted by Crippen LogP contribution is -2.31. The van der Waals surface area contributed by atoms with Gasteiger partial charge in [0.2, 0.25) is 0 Å². The van der Waals surface area contributed by atoms with Gasteiger partial charge in [-0.05, 0) is 24.6 Å². The standard InChI is InChI=1S/C14H18N2O2/c1-3-8-16(11-14(17)18-2)10-13-7-5-4-6-12(13)9-15/h4-7H,3,8,10-11H2,1-2H3. The van der Waals surface area contributed by atoms with Crippen molar-refractivity contribution < 1.29 is 9.53 Å². The highest BCUT2D eigenvalue weighted by Gasteiger charge is 2.12. The molecule has 0 aliphatic rings. The molecule has 0 N–H and O–H groups in total. The topological polar surface area (TPSA) is 53.3 Å². The molecule has 0 saturated carbocycles. The van der Waals surface area contributed by atoms with Crippen molar-refractivity contribution in [1.82, 2.24) is 4.90 Å². The average Bonchev–Trinajstić information content (AvgIpc) is 2.39. The van der Waals surface area contributed by atoms with Gasteiger partial charge in [0.25, 0.3) is 0 Å². The highest BCUT2D eigenvalue weighted by Crippen LogP contribution is 2.11. The molecule has 0 aliphatic heterocycles. The summed E-state index contributed by atoms with van der Waals surface area (Å²) in [6.45, 7) is 3.70. The van der Waals surface area contributed by atoms with Gasteiger partial charge in [0.1, 0.15) is 0 Å². The predicted octanol–water partition coefficient (Wildman–Crippen LogP) is 1.94. The first-order valence-corrected chi connectivity index (χ1v) is 5.98. The Balaban J connectivity index is 2.76. The average molecular weight is 246 g/mol. The molecule has 0 heterocycles. The van der Waals surface area contributed by atoms with Crippen LogP contribution in [0.2, 0.25) is 0 Å². The molecule has 0 atom stereocenters. The number of rotatable bonds is 6. The SMILES string of the molecule is CCCN(CC(=O)OC)Cc1ccccc1C#N. The molecule has 0 amide bonds. The minimum Gasteiger partial charge on any atom is -0.468 e. The van der Waals surface area contributed by atoms with Crippen LogP contribution in [0.1, 0.15) is 24.5 Å². The van der Waals surface area contributed by atoms with Crippen LogP contribution in [0.15, 0.2) is 24.3 Å². The highest BCUT2D eigenvalue weighted by atomic mass is 16.5. The molecular formula is C14H18N2O2. The second-order valence-corrected chi connectivity index (χ2v) is 4.06. The van der Waals surface area contributed by atoms with Gasteiger partial charge in [-0.1, -0.05) is 25.1 Å². The molecule has 0 aliphatic carbocycles. The molecule has 0 fully saturated rings. The second kappa shape index (κ2) is 7.46. The van der Waals surface area contributed by atoms with E-state index in [0.717, 1.165) is 18.5 Å². The third-order valence-corrected chi connectivity index (χ3v) is 2.65. The van der Waals surface area contributed by atoms with Crippen molar-refractivity contribution in [2.24, 2.45) is 0 Å². The van der Waals surface area contributed by atoms with Crippen LogP contribution in [0.5, 0.6) is 0 Å². The van der Waals surface area contributed by atoms with Crippen molar-refractivity contribution >= 4 is 5.97 Å². The summed E-state index contributed by atoms with van der Waals surface area (Å²) in [5, 5.41) is 9.03. The van der Waals surface area contributed by atoms with Gasteiger partial charge in [0.15, 0.2) is 0 Å². The third kappa shape index (κ3) is 4.19. The van der Waals surface area contributed by atoms with E-state index in [-0.39, 0.29) is 12.5 Å². The van der Waals surface area contributed by atoms with Crippen LogP contribution in [0.3, 0.4) is 0 Å². The zero-order valence-corrected chi connectivity index (χ0v) is 10.8. The van der Waals surface area contributed by atoms with Crippen molar-refractivity contribution in [1.29, 1.82) is 5.26 Å².